The number of nitrogens with one attached hydrogen (secondary N) is 1. The Kier molecular flexibility index (Phi) is 42.1. The standard InChI is InChI=1S/C48H91NO4/c1-3-5-7-9-11-13-15-17-19-21-23-25-27-29-31-33-35-37-39-41-43-47(52)48(53)49-45(44-50)46(51)42-40-38-36-34-32-30-28-26-24-22-20-18-16-14-12-10-8-6-4-2/h25,27,32,34,40,42,45-47,50-52H,3-24,26,28-31,33,35-39,41,43-44H2,1-2H3,(H,49,53)/b27-25-,34-32+,42-40+. The van der Waals surface area contributed by atoms with Crippen molar-refractivity contribution in [3.05, 3.63) is 36.5 Å². The van der Waals surface area contributed by atoms with Crippen molar-refractivity contribution in [1.82, 2.24) is 5.32 Å². The molecule has 5 nitrogen and oxygen atoms in total. The van der Waals surface area contributed by atoms with E-state index in [2.05, 4.69) is 43.5 Å². The largest absolute Gasteiger partial charge is 0.394 e. The lowest BCUT2D eigenvalue weighted by molar-refractivity contribution is -0.131. The van der Waals surface area contributed by atoms with Gasteiger partial charge in [0.25, 0.3) is 0 Å². The highest BCUT2D eigenvalue weighted by Gasteiger charge is 2.22. The van der Waals surface area contributed by atoms with Crippen molar-refractivity contribution in [1.29, 1.82) is 0 Å². The number of rotatable bonds is 42. The van der Waals surface area contributed by atoms with Gasteiger partial charge in [-0.05, 0) is 57.8 Å². The molecule has 3 atom stereocenters. The third-order valence-electron chi connectivity index (χ3n) is 10.7. The van der Waals surface area contributed by atoms with E-state index in [4.69, 9.17) is 0 Å². The van der Waals surface area contributed by atoms with E-state index in [0.29, 0.717) is 6.42 Å². The minimum absolute atomic E-state index is 0.377. The Morgan fingerprint density at radius 2 is 0.774 bits per heavy atom. The first-order chi connectivity index (χ1) is 26.1. The molecule has 1 amide bonds. The van der Waals surface area contributed by atoms with Gasteiger partial charge in [-0.3, -0.25) is 4.79 Å². The molecule has 4 N–H and O–H groups in total. The van der Waals surface area contributed by atoms with E-state index in [1.165, 1.54) is 180 Å². The highest BCUT2D eigenvalue weighted by atomic mass is 16.3. The van der Waals surface area contributed by atoms with Gasteiger partial charge in [-0.25, -0.2) is 0 Å². The van der Waals surface area contributed by atoms with E-state index in [1.807, 2.05) is 6.08 Å². The molecular formula is C48H91NO4. The third-order valence-corrected chi connectivity index (χ3v) is 10.7. The van der Waals surface area contributed by atoms with E-state index in [9.17, 15) is 20.1 Å². The first-order valence-corrected chi connectivity index (χ1v) is 23.3. The SMILES string of the molecule is CCCCCCCCCCCC/C=C\CCCCCCCCC(O)C(=O)NC(CO)C(O)/C=C/CC/C=C/CCCCCCCCCCCCCCC. The van der Waals surface area contributed by atoms with Gasteiger partial charge < -0.3 is 20.6 Å². The maximum atomic E-state index is 12.5. The fourth-order valence-corrected chi connectivity index (χ4v) is 7.02. The van der Waals surface area contributed by atoms with Crippen LogP contribution in [0.1, 0.15) is 239 Å². The molecule has 0 aliphatic heterocycles. The summed E-state index contributed by atoms with van der Waals surface area (Å²) in [6.07, 6.45) is 54.7. The van der Waals surface area contributed by atoms with Crippen LogP contribution in [0.25, 0.3) is 0 Å². The van der Waals surface area contributed by atoms with Crippen LogP contribution in [0.5, 0.6) is 0 Å². The maximum absolute atomic E-state index is 12.5. The van der Waals surface area contributed by atoms with Gasteiger partial charge >= 0.3 is 0 Å². The lowest BCUT2D eigenvalue weighted by Gasteiger charge is -2.21. The second-order valence-corrected chi connectivity index (χ2v) is 16.0. The number of allylic oxidation sites excluding steroid dienone is 5. The quantitative estimate of drug-likeness (QED) is 0.0370. The van der Waals surface area contributed by atoms with Crippen LogP contribution in [0, 0.1) is 0 Å². The van der Waals surface area contributed by atoms with Crippen LogP contribution in [0.3, 0.4) is 0 Å². The summed E-state index contributed by atoms with van der Waals surface area (Å²) in [6.45, 7) is 4.18. The van der Waals surface area contributed by atoms with E-state index < -0.39 is 24.2 Å². The minimum atomic E-state index is -1.11. The van der Waals surface area contributed by atoms with Crippen molar-refractivity contribution in [2.75, 3.05) is 6.61 Å². The lowest BCUT2D eigenvalue weighted by atomic mass is 10.0. The number of carbonyl (C=O) groups excluding carboxylic acids is 1. The molecule has 0 aromatic carbocycles. The Hall–Kier alpha value is -1.43. The smallest absolute Gasteiger partial charge is 0.249 e. The Labute approximate surface area is 330 Å². The van der Waals surface area contributed by atoms with Crippen LogP contribution in [0.15, 0.2) is 36.5 Å². The molecule has 5 heteroatoms. The summed E-state index contributed by atoms with van der Waals surface area (Å²) in [4.78, 5) is 12.5. The molecule has 0 saturated carbocycles. The topological polar surface area (TPSA) is 89.8 Å². The zero-order chi connectivity index (χ0) is 38.7. The molecule has 0 bridgehead atoms. The number of amides is 1. The lowest BCUT2D eigenvalue weighted by Crippen LogP contribution is -2.48. The van der Waals surface area contributed by atoms with Gasteiger partial charge in [0.2, 0.25) is 5.91 Å². The van der Waals surface area contributed by atoms with Gasteiger partial charge in [0, 0.05) is 0 Å². The molecule has 0 saturated heterocycles. The monoisotopic (exact) mass is 746 g/mol. The molecule has 0 aromatic rings. The van der Waals surface area contributed by atoms with Crippen LogP contribution in [-0.4, -0.2) is 46.1 Å². The summed E-state index contributed by atoms with van der Waals surface area (Å²) in [5, 5.41) is 33.2. The molecule has 0 aromatic heterocycles. The second kappa shape index (κ2) is 43.3. The van der Waals surface area contributed by atoms with Crippen molar-refractivity contribution in [2.45, 2.75) is 257 Å². The Bertz CT molecular complexity index is 824. The molecule has 3 unspecified atom stereocenters. The van der Waals surface area contributed by atoms with E-state index in [0.717, 1.165) is 38.5 Å². The van der Waals surface area contributed by atoms with Crippen LogP contribution < -0.4 is 5.32 Å². The van der Waals surface area contributed by atoms with Crippen molar-refractivity contribution in [2.24, 2.45) is 0 Å². The molecule has 0 heterocycles. The highest BCUT2D eigenvalue weighted by molar-refractivity contribution is 5.80. The van der Waals surface area contributed by atoms with E-state index >= 15 is 0 Å². The second-order valence-electron chi connectivity index (χ2n) is 16.0. The average molecular weight is 746 g/mol. The van der Waals surface area contributed by atoms with Gasteiger partial charge in [-0.2, -0.15) is 0 Å². The molecule has 0 fully saturated rings. The average Bonchev–Trinajstić information content (AvgIpc) is 3.16. The van der Waals surface area contributed by atoms with Crippen molar-refractivity contribution in [3.63, 3.8) is 0 Å². The van der Waals surface area contributed by atoms with Gasteiger partial charge in [0.15, 0.2) is 0 Å². The molecule has 0 aliphatic carbocycles. The Morgan fingerprint density at radius 3 is 1.15 bits per heavy atom. The molecule has 0 radical (unpaired) electrons. The summed E-state index contributed by atoms with van der Waals surface area (Å²) in [5.74, 6) is -0.516. The molecule has 0 aliphatic rings. The van der Waals surface area contributed by atoms with E-state index in [1.54, 1.807) is 6.08 Å². The van der Waals surface area contributed by atoms with Crippen LogP contribution in [0.4, 0.5) is 0 Å². The summed E-state index contributed by atoms with van der Waals surface area (Å²) in [6, 6.07) is -0.816. The number of hydrogen-bond acceptors (Lipinski definition) is 4. The number of aliphatic hydroxyl groups is 3. The Morgan fingerprint density at radius 1 is 0.453 bits per heavy atom. The van der Waals surface area contributed by atoms with Crippen molar-refractivity contribution >= 4 is 5.91 Å². The number of carbonyl (C=O) groups is 1. The fraction of sp³-hybridized carbons (Fsp3) is 0.854. The summed E-state index contributed by atoms with van der Waals surface area (Å²) < 4.78 is 0. The normalized spacial score (nSPS) is 13.8. The van der Waals surface area contributed by atoms with Crippen LogP contribution in [-0.2, 0) is 4.79 Å². The van der Waals surface area contributed by atoms with Gasteiger partial charge in [0.1, 0.15) is 6.10 Å². The van der Waals surface area contributed by atoms with Crippen LogP contribution in [0.2, 0.25) is 0 Å². The molecule has 53 heavy (non-hydrogen) atoms. The van der Waals surface area contributed by atoms with E-state index in [-0.39, 0.29) is 6.61 Å². The number of hydrogen-bond donors (Lipinski definition) is 4. The summed E-state index contributed by atoms with van der Waals surface area (Å²) >= 11 is 0. The van der Waals surface area contributed by atoms with Gasteiger partial charge in [-0.15, -0.1) is 0 Å². The van der Waals surface area contributed by atoms with Gasteiger partial charge in [-0.1, -0.05) is 217 Å². The van der Waals surface area contributed by atoms with Crippen molar-refractivity contribution < 1.29 is 20.1 Å². The molecule has 312 valence electrons. The third kappa shape index (κ3) is 38.6. The Balaban J connectivity index is 3.70. The molecule has 0 spiro atoms. The predicted octanol–water partition coefficient (Wildman–Crippen LogP) is 13.5. The molecular weight excluding hydrogens is 655 g/mol. The predicted molar refractivity (Wildman–Crippen MR) is 231 cm³/mol. The maximum Gasteiger partial charge on any atom is 0.249 e. The number of aliphatic hydroxyl groups excluding tert-OH is 3. The summed E-state index contributed by atoms with van der Waals surface area (Å²) in [5.41, 5.74) is 0. The van der Waals surface area contributed by atoms with Gasteiger partial charge in [0.05, 0.1) is 18.8 Å². The van der Waals surface area contributed by atoms with Crippen LogP contribution >= 0.6 is 0 Å². The first-order valence-electron chi connectivity index (χ1n) is 23.3. The minimum Gasteiger partial charge on any atom is -0.394 e. The highest BCUT2D eigenvalue weighted by Crippen LogP contribution is 2.15. The first kappa shape index (κ1) is 51.6. The molecule has 0 rings (SSSR count). The summed E-state index contributed by atoms with van der Waals surface area (Å²) in [7, 11) is 0. The zero-order valence-electron chi connectivity index (χ0n) is 35.4. The zero-order valence-corrected chi connectivity index (χ0v) is 35.4. The van der Waals surface area contributed by atoms with Crippen molar-refractivity contribution in [3.8, 4) is 0 Å². The number of unbranched alkanes of at least 4 members (excludes halogenated alkanes) is 30. The fourth-order valence-electron chi connectivity index (χ4n) is 7.02.